The van der Waals surface area contributed by atoms with Gasteiger partial charge in [-0.3, -0.25) is 0 Å². The SMILES string of the molecule is COc1cccc(CNC(=O)N2C[C@H](O)C[C@@H]2C(=O)O)c1. The lowest BCUT2D eigenvalue weighted by molar-refractivity contribution is -0.141. The highest BCUT2D eigenvalue weighted by Crippen LogP contribution is 2.18. The van der Waals surface area contributed by atoms with E-state index in [0.29, 0.717) is 5.75 Å². The number of aliphatic carboxylic acids is 1. The molecule has 1 fully saturated rings. The van der Waals surface area contributed by atoms with E-state index in [2.05, 4.69) is 5.32 Å². The second-order valence-corrected chi connectivity index (χ2v) is 4.91. The fraction of sp³-hybridized carbons (Fsp3) is 0.429. The van der Waals surface area contributed by atoms with Gasteiger partial charge in [0.1, 0.15) is 11.8 Å². The molecule has 1 heterocycles. The number of benzene rings is 1. The molecule has 3 N–H and O–H groups in total. The zero-order chi connectivity index (χ0) is 15.4. The summed E-state index contributed by atoms with van der Waals surface area (Å²) in [6, 6.07) is 5.74. The number of carbonyl (C=O) groups excluding carboxylic acids is 1. The zero-order valence-corrected chi connectivity index (χ0v) is 11.7. The van der Waals surface area contributed by atoms with Crippen LogP contribution < -0.4 is 10.1 Å². The van der Waals surface area contributed by atoms with Crippen LogP contribution in [0.3, 0.4) is 0 Å². The average Bonchev–Trinajstić information content (AvgIpc) is 2.87. The third-order valence-corrected chi connectivity index (χ3v) is 3.40. The second kappa shape index (κ2) is 6.45. The molecule has 1 saturated heterocycles. The first-order chi connectivity index (χ1) is 10.0. The van der Waals surface area contributed by atoms with Gasteiger partial charge in [0.15, 0.2) is 0 Å². The van der Waals surface area contributed by atoms with Gasteiger partial charge in [-0.1, -0.05) is 12.1 Å². The van der Waals surface area contributed by atoms with Crippen LogP contribution in [0.2, 0.25) is 0 Å². The molecule has 1 aliphatic rings. The van der Waals surface area contributed by atoms with Gasteiger partial charge in [0.05, 0.1) is 13.2 Å². The molecule has 1 aromatic rings. The molecule has 2 rings (SSSR count). The molecule has 1 aromatic carbocycles. The molecule has 0 aliphatic carbocycles. The van der Waals surface area contributed by atoms with Crippen LogP contribution in [0.1, 0.15) is 12.0 Å². The highest BCUT2D eigenvalue weighted by Gasteiger charge is 2.38. The Morgan fingerprint density at radius 2 is 2.24 bits per heavy atom. The number of aliphatic hydroxyl groups is 1. The quantitative estimate of drug-likeness (QED) is 0.747. The number of aliphatic hydroxyl groups excluding tert-OH is 1. The number of likely N-dealkylation sites (tertiary alicyclic amines) is 1. The van der Waals surface area contributed by atoms with Crippen molar-refractivity contribution in [1.29, 1.82) is 0 Å². The highest BCUT2D eigenvalue weighted by molar-refractivity contribution is 5.83. The maximum atomic E-state index is 12.0. The van der Waals surface area contributed by atoms with Crippen LogP contribution >= 0.6 is 0 Å². The third-order valence-electron chi connectivity index (χ3n) is 3.40. The van der Waals surface area contributed by atoms with Gasteiger partial charge in [-0.25, -0.2) is 9.59 Å². The van der Waals surface area contributed by atoms with E-state index in [4.69, 9.17) is 9.84 Å². The topological polar surface area (TPSA) is 99.1 Å². The fourth-order valence-electron chi connectivity index (χ4n) is 2.33. The van der Waals surface area contributed by atoms with Crippen molar-refractivity contribution in [2.24, 2.45) is 0 Å². The Kier molecular flexibility index (Phi) is 4.64. The Hall–Kier alpha value is -2.28. The Morgan fingerprint density at radius 1 is 1.48 bits per heavy atom. The number of amides is 2. The number of nitrogens with one attached hydrogen (secondary N) is 1. The molecule has 0 radical (unpaired) electrons. The van der Waals surface area contributed by atoms with E-state index in [1.807, 2.05) is 6.07 Å². The van der Waals surface area contributed by atoms with E-state index >= 15 is 0 Å². The Morgan fingerprint density at radius 3 is 2.90 bits per heavy atom. The molecule has 7 heteroatoms. The zero-order valence-electron chi connectivity index (χ0n) is 11.7. The number of β-amino-alcohol motifs (C(OH)–C–C–N with tert-alkyl or cyclic N) is 1. The van der Waals surface area contributed by atoms with Crippen molar-refractivity contribution < 1.29 is 24.5 Å². The molecule has 0 aromatic heterocycles. The van der Waals surface area contributed by atoms with Crippen LogP contribution in [-0.4, -0.2) is 52.9 Å². The summed E-state index contributed by atoms with van der Waals surface area (Å²) in [5, 5.41) is 21.2. The highest BCUT2D eigenvalue weighted by atomic mass is 16.5. The summed E-state index contributed by atoms with van der Waals surface area (Å²) in [5.41, 5.74) is 0.842. The minimum atomic E-state index is -1.11. The molecule has 0 unspecified atom stereocenters. The van der Waals surface area contributed by atoms with Crippen molar-refractivity contribution in [2.45, 2.75) is 25.1 Å². The van der Waals surface area contributed by atoms with Crippen molar-refractivity contribution in [2.75, 3.05) is 13.7 Å². The van der Waals surface area contributed by atoms with Gasteiger partial charge in [0.25, 0.3) is 0 Å². The first kappa shape index (κ1) is 15.1. The first-order valence-corrected chi connectivity index (χ1v) is 6.59. The third kappa shape index (κ3) is 3.63. The summed E-state index contributed by atoms with van der Waals surface area (Å²) in [4.78, 5) is 24.3. The smallest absolute Gasteiger partial charge is 0.326 e. The molecule has 1 aliphatic heterocycles. The molecule has 7 nitrogen and oxygen atoms in total. The van der Waals surface area contributed by atoms with Crippen molar-refractivity contribution >= 4 is 12.0 Å². The van der Waals surface area contributed by atoms with Crippen molar-refractivity contribution in [3.05, 3.63) is 29.8 Å². The van der Waals surface area contributed by atoms with E-state index in [1.165, 1.54) is 0 Å². The number of carboxylic acids is 1. The molecule has 0 saturated carbocycles. The minimum absolute atomic E-state index is 0.0287. The molecule has 0 bridgehead atoms. The van der Waals surface area contributed by atoms with E-state index in [-0.39, 0.29) is 19.5 Å². The van der Waals surface area contributed by atoms with E-state index in [1.54, 1.807) is 25.3 Å². The van der Waals surface area contributed by atoms with Crippen molar-refractivity contribution in [3.8, 4) is 5.75 Å². The number of hydrogen-bond donors (Lipinski definition) is 3. The van der Waals surface area contributed by atoms with E-state index < -0.39 is 24.1 Å². The van der Waals surface area contributed by atoms with Gasteiger partial charge >= 0.3 is 12.0 Å². The predicted octanol–water partition coefficient (Wildman–Crippen LogP) is 0.425. The van der Waals surface area contributed by atoms with E-state index in [9.17, 15) is 14.7 Å². The van der Waals surface area contributed by atoms with Crippen LogP contribution in [0, 0.1) is 0 Å². The summed E-state index contributed by atoms with van der Waals surface area (Å²) in [5.74, 6) is -0.426. The molecular weight excluding hydrogens is 276 g/mol. The normalized spacial score (nSPS) is 21.1. The van der Waals surface area contributed by atoms with Gasteiger partial charge in [0, 0.05) is 19.5 Å². The van der Waals surface area contributed by atoms with Crippen molar-refractivity contribution in [3.63, 3.8) is 0 Å². The van der Waals surface area contributed by atoms with Crippen LogP contribution in [0.25, 0.3) is 0 Å². The van der Waals surface area contributed by atoms with Gasteiger partial charge in [0.2, 0.25) is 0 Å². The number of carbonyl (C=O) groups is 2. The van der Waals surface area contributed by atoms with Crippen LogP contribution in [-0.2, 0) is 11.3 Å². The minimum Gasteiger partial charge on any atom is -0.497 e. The maximum Gasteiger partial charge on any atom is 0.326 e. The number of rotatable bonds is 4. The van der Waals surface area contributed by atoms with E-state index in [0.717, 1.165) is 10.5 Å². The number of methoxy groups -OCH3 is 1. The molecular formula is C14H18N2O5. The molecule has 2 atom stereocenters. The Balaban J connectivity index is 1.96. The van der Waals surface area contributed by atoms with Gasteiger partial charge in [-0.05, 0) is 17.7 Å². The summed E-state index contributed by atoms with van der Waals surface area (Å²) < 4.78 is 5.09. The second-order valence-electron chi connectivity index (χ2n) is 4.91. The van der Waals surface area contributed by atoms with Gasteiger partial charge < -0.3 is 25.2 Å². The largest absolute Gasteiger partial charge is 0.497 e. The average molecular weight is 294 g/mol. The van der Waals surface area contributed by atoms with Gasteiger partial charge in [-0.15, -0.1) is 0 Å². The van der Waals surface area contributed by atoms with Crippen LogP contribution in [0.15, 0.2) is 24.3 Å². The summed E-state index contributed by atoms with van der Waals surface area (Å²) >= 11 is 0. The van der Waals surface area contributed by atoms with Gasteiger partial charge in [-0.2, -0.15) is 0 Å². The lowest BCUT2D eigenvalue weighted by Gasteiger charge is -2.21. The number of ether oxygens (including phenoxy) is 1. The molecule has 114 valence electrons. The number of carboxylic acid groups (broad SMARTS) is 1. The van der Waals surface area contributed by atoms with Crippen LogP contribution in [0.4, 0.5) is 4.79 Å². The molecule has 0 spiro atoms. The van der Waals surface area contributed by atoms with Crippen molar-refractivity contribution in [1.82, 2.24) is 10.2 Å². The summed E-state index contributed by atoms with van der Waals surface area (Å²) in [6.45, 7) is 0.288. The summed E-state index contributed by atoms with van der Waals surface area (Å²) in [6.07, 6.45) is -0.740. The fourth-order valence-corrected chi connectivity index (χ4v) is 2.33. The standard InChI is InChI=1S/C14H18N2O5/c1-21-11-4-2-3-9(5-11)7-15-14(20)16-8-10(17)6-12(16)13(18)19/h2-5,10,12,17H,6-8H2,1H3,(H,15,20)(H,18,19)/t10-,12-/m1/s1. The lowest BCUT2D eigenvalue weighted by Crippen LogP contribution is -2.45. The molecule has 21 heavy (non-hydrogen) atoms. The van der Waals surface area contributed by atoms with Crippen LogP contribution in [0.5, 0.6) is 5.75 Å². The first-order valence-electron chi connectivity index (χ1n) is 6.59. The summed E-state index contributed by atoms with van der Waals surface area (Å²) in [7, 11) is 1.56. The maximum absolute atomic E-state index is 12.0. The molecule has 2 amide bonds. The predicted molar refractivity (Wildman–Crippen MR) is 74.0 cm³/mol. The number of nitrogens with zero attached hydrogens (tertiary/aromatic N) is 1. The lowest BCUT2D eigenvalue weighted by atomic mass is 10.2. The number of hydrogen-bond acceptors (Lipinski definition) is 4. The Bertz CT molecular complexity index is 534. The Labute approximate surface area is 122 Å². The number of urea groups is 1. The monoisotopic (exact) mass is 294 g/mol.